The Labute approximate surface area is 140 Å². The number of fused-ring (bicyclic) bond motifs is 1. The van der Waals surface area contributed by atoms with Crippen LogP contribution in [0.4, 0.5) is 5.69 Å². The van der Waals surface area contributed by atoms with Gasteiger partial charge >= 0.3 is 0 Å². The Morgan fingerprint density at radius 3 is 2.83 bits per heavy atom. The van der Waals surface area contributed by atoms with Crippen molar-refractivity contribution in [1.29, 1.82) is 0 Å². The van der Waals surface area contributed by atoms with Gasteiger partial charge in [0.2, 0.25) is 0 Å². The summed E-state index contributed by atoms with van der Waals surface area (Å²) in [6.45, 7) is 0.408. The number of nitrogens with one attached hydrogen (secondary N) is 1. The lowest BCUT2D eigenvalue weighted by Gasteiger charge is -2.11. The van der Waals surface area contributed by atoms with E-state index >= 15 is 0 Å². The third-order valence-electron chi connectivity index (χ3n) is 4.09. The molecule has 1 aliphatic carbocycles. The van der Waals surface area contributed by atoms with Gasteiger partial charge in [0, 0.05) is 23.7 Å². The van der Waals surface area contributed by atoms with Crippen molar-refractivity contribution in [3.05, 3.63) is 35.2 Å². The summed E-state index contributed by atoms with van der Waals surface area (Å²) in [5.41, 5.74) is 8.82. The minimum Gasteiger partial charge on any atom is -0.493 e. The van der Waals surface area contributed by atoms with Gasteiger partial charge in [0.15, 0.2) is 17.5 Å². The average Bonchev–Trinajstić information content (AvgIpc) is 3.03. The number of ether oxygens (including phenoxy) is 2. The number of aromatic nitrogens is 1. The molecule has 3 rings (SSSR count). The Balaban J connectivity index is 1.67. The van der Waals surface area contributed by atoms with E-state index in [0.29, 0.717) is 24.0 Å². The maximum atomic E-state index is 5.97. The van der Waals surface area contributed by atoms with Crippen molar-refractivity contribution < 1.29 is 14.0 Å². The van der Waals surface area contributed by atoms with Gasteiger partial charge in [-0.2, -0.15) is 0 Å². The fourth-order valence-electron chi connectivity index (χ4n) is 2.83. The molecule has 0 atom stereocenters. The number of hydrogen-bond acceptors (Lipinski definition) is 5. The predicted octanol–water partition coefficient (Wildman–Crippen LogP) is 2.50. The van der Waals surface area contributed by atoms with Gasteiger partial charge in [-0.1, -0.05) is 5.16 Å². The minimum atomic E-state index is 0.315. The van der Waals surface area contributed by atoms with E-state index in [9.17, 15) is 0 Å². The van der Waals surface area contributed by atoms with E-state index in [0.717, 1.165) is 36.4 Å². The summed E-state index contributed by atoms with van der Waals surface area (Å²) in [6, 6.07) is 5.46. The van der Waals surface area contributed by atoms with Crippen LogP contribution in [-0.4, -0.2) is 25.3 Å². The Morgan fingerprint density at radius 2 is 2.04 bits per heavy atom. The molecule has 0 spiro atoms. The van der Waals surface area contributed by atoms with Crippen molar-refractivity contribution in [3.63, 3.8) is 0 Å². The smallest absolute Gasteiger partial charge is 0.193 e. The standard InChI is InChI=1S/C17H22N4O3/c1-22-15-8-7-11(9-16(15)23-2)20-17(18)19-10-13-12-5-3-4-6-14(12)24-21-13/h7-9H,3-6,10H2,1-2H3,(H3,18,19,20). The molecule has 1 aromatic heterocycles. The molecule has 0 saturated heterocycles. The zero-order valence-corrected chi connectivity index (χ0v) is 14.0. The van der Waals surface area contributed by atoms with Gasteiger partial charge in [-0.25, -0.2) is 4.99 Å². The van der Waals surface area contributed by atoms with Crippen LogP contribution in [0.2, 0.25) is 0 Å². The molecule has 1 heterocycles. The van der Waals surface area contributed by atoms with Crippen LogP contribution in [0.3, 0.4) is 0 Å². The lowest BCUT2D eigenvalue weighted by atomic mass is 9.96. The largest absolute Gasteiger partial charge is 0.493 e. The number of benzene rings is 1. The van der Waals surface area contributed by atoms with Gasteiger partial charge in [-0.15, -0.1) is 0 Å². The molecule has 24 heavy (non-hydrogen) atoms. The van der Waals surface area contributed by atoms with Gasteiger partial charge in [0.1, 0.15) is 11.5 Å². The number of nitrogens with two attached hydrogens (primary N) is 1. The average molecular weight is 330 g/mol. The monoisotopic (exact) mass is 330 g/mol. The fourth-order valence-corrected chi connectivity index (χ4v) is 2.83. The molecular formula is C17H22N4O3. The Hall–Kier alpha value is -2.70. The first-order chi connectivity index (χ1) is 11.7. The van der Waals surface area contributed by atoms with Crippen molar-refractivity contribution in [2.24, 2.45) is 10.7 Å². The highest BCUT2D eigenvalue weighted by molar-refractivity contribution is 5.92. The van der Waals surface area contributed by atoms with Crippen LogP contribution < -0.4 is 20.5 Å². The highest BCUT2D eigenvalue weighted by atomic mass is 16.5. The van der Waals surface area contributed by atoms with Crippen LogP contribution in [0.5, 0.6) is 11.5 Å². The molecule has 0 radical (unpaired) electrons. The molecular weight excluding hydrogens is 308 g/mol. The van der Waals surface area contributed by atoms with Gasteiger partial charge in [0.05, 0.1) is 20.8 Å². The highest BCUT2D eigenvalue weighted by Gasteiger charge is 2.18. The normalized spacial score (nSPS) is 14.2. The van der Waals surface area contributed by atoms with Crippen LogP contribution in [0.15, 0.2) is 27.7 Å². The molecule has 3 N–H and O–H groups in total. The van der Waals surface area contributed by atoms with Crippen molar-refractivity contribution in [1.82, 2.24) is 5.16 Å². The fraction of sp³-hybridized carbons (Fsp3) is 0.412. The number of aliphatic imine (C=N–C) groups is 1. The van der Waals surface area contributed by atoms with Gasteiger partial charge < -0.3 is 25.0 Å². The summed E-state index contributed by atoms with van der Waals surface area (Å²) in [5.74, 6) is 2.60. The minimum absolute atomic E-state index is 0.315. The number of nitrogens with zero attached hydrogens (tertiary/aromatic N) is 2. The molecule has 0 aliphatic heterocycles. The molecule has 0 amide bonds. The molecule has 0 bridgehead atoms. The molecule has 0 unspecified atom stereocenters. The molecule has 0 fully saturated rings. The summed E-state index contributed by atoms with van der Waals surface area (Å²) < 4.78 is 15.9. The van der Waals surface area contributed by atoms with Crippen LogP contribution in [0.25, 0.3) is 0 Å². The molecule has 2 aromatic rings. The highest BCUT2D eigenvalue weighted by Crippen LogP contribution is 2.29. The Morgan fingerprint density at radius 1 is 1.25 bits per heavy atom. The summed E-state index contributed by atoms with van der Waals surface area (Å²) in [4.78, 5) is 4.36. The second-order valence-electron chi connectivity index (χ2n) is 5.63. The van der Waals surface area contributed by atoms with E-state index in [-0.39, 0.29) is 0 Å². The summed E-state index contributed by atoms with van der Waals surface area (Å²) in [6.07, 6.45) is 4.30. The molecule has 7 nitrogen and oxygen atoms in total. The van der Waals surface area contributed by atoms with Crippen molar-refractivity contribution in [2.75, 3.05) is 19.5 Å². The number of guanidine groups is 1. The van der Waals surface area contributed by atoms with Gasteiger partial charge in [0.25, 0.3) is 0 Å². The Bertz CT molecular complexity index is 739. The second kappa shape index (κ2) is 7.25. The van der Waals surface area contributed by atoms with Crippen molar-refractivity contribution in [3.8, 4) is 11.5 Å². The summed E-state index contributed by atoms with van der Waals surface area (Å²) >= 11 is 0. The number of hydrogen-bond donors (Lipinski definition) is 2. The predicted molar refractivity (Wildman–Crippen MR) is 91.6 cm³/mol. The third kappa shape index (κ3) is 3.45. The van der Waals surface area contributed by atoms with Gasteiger partial charge in [-0.05, 0) is 31.4 Å². The second-order valence-corrected chi connectivity index (χ2v) is 5.63. The summed E-state index contributed by atoms with van der Waals surface area (Å²) in [5, 5.41) is 7.17. The quantitative estimate of drug-likeness (QED) is 0.646. The first-order valence-electron chi connectivity index (χ1n) is 7.96. The molecule has 1 aliphatic rings. The van der Waals surface area contributed by atoms with Crippen LogP contribution in [0.1, 0.15) is 29.9 Å². The van der Waals surface area contributed by atoms with E-state index in [2.05, 4.69) is 15.5 Å². The van der Waals surface area contributed by atoms with Crippen LogP contribution in [-0.2, 0) is 19.4 Å². The van der Waals surface area contributed by atoms with E-state index < -0.39 is 0 Å². The van der Waals surface area contributed by atoms with E-state index in [1.165, 1.54) is 12.0 Å². The molecule has 1 aromatic carbocycles. The number of aryl methyl sites for hydroxylation is 1. The van der Waals surface area contributed by atoms with Crippen LogP contribution in [0, 0.1) is 0 Å². The SMILES string of the molecule is COc1ccc(NC(N)=NCc2noc3c2CCCC3)cc1OC. The first-order valence-corrected chi connectivity index (χ1v) is 7.96. The lowest BCUT2D eigenvalue weighted by molar-refractivity contribution is 0.355. The zero-order chi connectivity index (χ0) is 16.9. The van der Waals surface area contributed by atoms with Crippen molar-refractivity contribution >= 4 is 11.6 Å². The topological polar surface area (TPSA) is 94.9 Å². The van der Waals surface area contributed by atoms with E-state index in [4.69, 9.17) is 19.7 Å². The number of anilines is 1. The number of rotatable bonds is 5. The van der Waals surface area contributed by atoms with E-state index in [1.807, 2.05) is 12.1 Å². The molecule has 128 valence electrons. The first kappa shape index (κ1) is 16.2. The molecule has 7 heteroatoms. The Kier molecular flexibility index (Phi) is 4.88. The third-order valence-corrected chi connectivity index (χ3v) is 4.09. The van der Waals surface area contributed by atoms with Crippen molar-refractivity contribution in [2.45, 2.75) is 32.2 Å². The summed E-state index contributed by atoms with van der Waals surface area (Å²) in [7, 11) is 3.19. The molecule has 0 saturated carbocycles. The van der Waals surface area contributed by atoms with Crippen LogP contribution >= 0.6 is 0 Å². The van der Waals surface area contributed by atoms with Gasteiger partial charge in [-0.3, -0.25) is 0 Å². The maximum absolute atomic E-state index is 5.97. The maximum Gasteiger partial charge on any atom is 0.193 e. The van der Waals surface area contributed by atoms with E-state index in [1.54, 1.807) is 20.3 Å². The zero-order valence-electron chi connectivity index (χ0n) is 14.0. The lowest BCUT2D eigenvalue weighted by Crippen LogP contribution is -2.22. The number of methoxy groups -OCH3 is 2.